The molecule has 2 aliphatic rings. The van der Waals surface area contributed by atoms with Crippen molar-refractivity contribution in [1.29, 1.82) is 0 Å². The number of amides is 1. The molecule has 1 aromatic rings. The number of carbonyl (C=O) groups excluding carboxylic acids is 1. The molecule has 2 aliphatic heterocycles. The van der Waals surface area contributed by atoms with E-state index in [1.54, 1.807) is 7.11 Å². The van der Waals surface area contributed by atoms with E-state index in [0.29, 0.717) is 32.8 Å². The fourth-order valence-electron chi connectivity index (χ4n) is 3.76. The minimum absolute atomic E-state index is 0.191. The van der Waals surface area contributed by atoms with Crippen molar-refractivity contribution < 1.29 is 14.3 Å². The van der Waals surface area contributed by atoms with Crippen molar-refractivity contribution in [3.8, 4) is 0 Å². The Morgan fingerprint density at radius 2 is 1.96 bits per heavy atom. The van der Waals surface area contributed by atoms with Gasteiger partial charge in [-0.3, -0.25) is 9.69 Å². The van der Waals surface area contributed by atoms with E-state index in [0.717, 1.165) is 25.8 Å². The monoisotopic (exact) mass is 332 g/mol. The first kappa shape index (κ1) is 17.4. The zero-order chi connectivity index (χ0) is 16.8. The van der Waals surface area contributed by atoms with E-state index in [-0.39, 0.29) is 18.1 Å². The van der Waals surface area contributed by atoms with Gasteiger partial charge in [0.15, 0.2) is 0 Å². The predicted molar refractivity (Wildman–Crippen MR) is 92.9 cm³/mol. The summed E-state index contributed by atoms with van der Waals surface area (Å²) < 4.78 is 11.1. The second kappa shape index (κ2) is 8.60. The Bertz CT molecular complexity index is 517. The Morgan fingerprint density at radius 3 is 2.67 bits per heavy atom. The maximum Gasteiger partial charge on any atom is 0.236 e. The van der Waals surface area contributed by atoms with Gasteiger partial charge in [-0.25, -0.2) is 0 Å². The van der Waals surface area contributed by atoms with Gasteiger partial charge in [0.25, 0.3) is 0 Å². The molecule has 0 spiro atoms. The van der Waals surface area contributed by atoms with Crippen LogP contribution in [0.15, 0.2) is 30.3 Å². The fourth-order valence-corrected chi connectivity index (χ4v) is 3.76. The minimum Gasteiger partial charge on any atom is -0.380 e. The van der Waals surface area contributed by atoms with Gasteiger partial charge in [-0.05, 0) is 31.4 Å². The molecule has 0 bridgehead atoms. The first-order valence-corrected chi connectivity index (χ1v) is 8.94. The van der Waals surface area contributed by atoms with E-state index in [9.17, 15) is 4.79 Å². The van der Waals surface area contributed by atoms with Gasteiger partial charge in [0.05, 0.1) is 25.9 Å². The van der Waals surface area contributed by atoms with Crippen LogP contribution in [0.2, 0.25) is 0 Å². The Labute approximate surface area is 144 Å². The third-order valence-electron chi connectivity index (χ3n) is 5.12. The van der Waals surface area contributed by atoms with E-state index in [1.165, 1.54) is 5.56 Å². The van der Waals surface area contributed by atoms with Gasteiger partial charge in [-0.2, -0.15) is 0 Å². The Hall–Kier alpha value is -1.43. The normalized spacial score (nSPS) is 25.6. The van der Waals surface area contributed by atoms with E-state index in [2.05, 4.69) is 29.2 Å². The summed E-state index contributed by atoms with van der Waals surface area (Å²) in [6.45, 7) is 4.18. The molecule has 3 rings (SSSR count). The molecule has 0 saturated carbocycles. The van der Waals surface area contributed by atoms with Gasteiger partial charge in [0.1, 0.15) is 0 Å². The molecule has 0 unspecified atom stereocenters. The van der Waals surface area contributed by atoms with Crippen LogP contribution in [0, 0.1) is 0 Å². The molecule has 0 aromatic heterocycles. The number of nitrogens with zero attached hydrogens (tertiary/aromatic N) is 2. The van der Waals surface area contributed by atoms with Crippen LogP contribution in [-0.2, 0) is 20.7 Å². The summed E-state index contributed by atoms with van der Waals surface area (Å²) in [5.41, 5.74) is 1.30. The molecule has 1 amide bonds. The summed E-state index contributed by atoms with van der Waals surface area (Å²) in [5.74, 6) is 0.216. The van der Waals surface area contributed by atoms with Crippen LogP contribution in [0.4, 0.5) is 0 Å². The van der Waals surface area contributed by atoms with E-state index < -0.39 is 0 Å². The molecule has 5 heteroatoms. The number of morpholine rings is 1. The summed E-state index contributed by atoms with van der Waals surface area (Å²) in [6, 6.07) is 10.8. The van der Waals surface area contributed by atoms with Crippen LogP contribution in [0.5, 0.6) is 0 Å². The number of methoxy groups -OCH3 is 1. The Morgan fingerprint density at radius 1 is 1.21 bits per heavy atom. The lowest BCUT2D eigenvalue weighted by Gasteiger charge is -2.41. The second-order valence-electron chi connectivity index (χ2n) is 6.64. The molecule has 2 atom stereocenters. The number of ether oxygens (including phenoxy) is 2. The number of carbonyl (C=O) groups is 1. The summed E-state index contributed by atoms with van der Waals surface area (Å²) in [6.07, 6.45) is 3.27. The first-order chi connectivity index (χ1) is 11.8. The van der Waals surface area contributed by atoms with E-state index in [1.807, 2.05) is 11.0 Å². The van der Waals surface area contributed by atoms with Crippen molar-refractivity contribution in [2.24, 2.45) is 0 Å². The molecule has 0 N–H and O–H groups in total. The highest BCUT2D eigenvalue weighted by Gasteiger charge is 2.33. The average Bonchev–Trinajstić information content (AvgIpc) is 2.64. The van der Waals surface area contributed by atoms with E-state index >= 15 is 0 Å². The molecule has 0 radical (unpaired) electrons. The molecule has 24 heavy (non-hydrogen) atoms. The number of rotatable bonds is 5. The zero-order valence-corrected chi connectivity index (χ0v) is 14.5. The van der Waals surface area contributed by atoms with Crippen LogP contribution < -0.4 is 0 Å². The lowest BCUT2D eigenvalue weighted by molar-refractivity contribution is -0.138. The van der Waals surface area contributed by atoms with Crippen molar-refractivity contribution in [2.75, 3.05) is 46.5 Å². The number of hydrogen-bond acceptors (Lipinski definition) is 4. The molecule has 132 valence electrons. The van der Waals surface area contributed by atoms with E-state index in [4.69, 9.17) is 9.47 Å². The molecule has 2 saturated heterocycles. The molecular formula is C19H28N2O3. The number of piperidine rings is 1. The zero-order valence-electron chi connectivity index (χ0n) is 14.5. The van der Waals surface area contributed by atoms with Crippen LogP contribution in [0.1, 0.15) is 18.4 Å². The average molecular weight is 332 g/mol. The summed E-state index contributed by atoms with van der Waals surface area (Å²) in [4.78, 5) is 16.9. The van der Waals surface area contributed by atoms with Gasteiger partial charge in [0.2, 0.25) is 5.91 Å². The SMILES string of the molecule is CO[C@H]1CCCN(CC(=O)N2CCOCC2)[C@H]1Cc1ccccc1. The third kappa shape index (κ3) is 4.35. The second-order valence-corrected chi connectivity index (χ2v) is 6.64. The van der Waals surface area contributed by atoms with Gasteiger partial charge < -0.3 is 14.4 Å². The standard InChI is InChI=1S/C19H28N2O3/c1-23-18-8-5-9-21(15-19(22)20-10-12-24-13-11-20)17(18)14-16-6-3-2-4-7-16/h2-4,6-7,17-18H,5,8-15H2,1H3/t17-,18-/m0/s1. The summed E-state index contributed by atoms with van der Waals surface area (Å²) in [7, 11) is 1.79. The van der Waals surface area contributed by atoms with Gasteiger partial charge in [-0.15, -0.1) is 0 Å². The summed E-state index contributed by atoms with van der Waals surface area (Å²) >= 11 is 0. The number of hydrogen-bond donors (Lipinski definition) is 0. The molecular weight excluding hydrogens is 304 g/mol. The van der Waals surface area contributed by atoms with Crippen LogP contribution in [-0.4, -0.2) is 74.4 Å². The van der Waals surface area contributed by atoms with Crippen molar-refractivity contribution in [3.63, 3.8) is 0 Å². The molecule has 2 fully saturated rings. The van der Waals surface area contributed by atoms with Gasteiger partial charge in [0, 0.05) is 26.2 Å². The maximum absolute atomic E-state index is 12.6. The smallest absolute Gasteiger partial charge is 0.236 e. The minimum atomic E-state index is 0.191. The summed E-state index contributed by atoms with van der Waals surface area (Å²) in [5, 5.41) is 0. The third-order valence-corrected chi connectivity index (χ3v) is 5.12. The Balaban J connectivity index is 1.67. The van der Waals surface area contributed by atoms with Gasteiger partial charge >= 0.3 is 0 Å². The fraction of sp³-hybridized carbons (Fsp3) is 0.632. The van der Waals surface area contributed by atoms with Crippen molar-refractivity contribution in [3.05, 3.63) is 35.9 Å². The largest absolute Gasteiger partial charge is 0.380 e. The number of likely N-dealkylation sites (tertiary alicyclic amines) is 1. The van der Waals surface area contributed by atoms with Gasteiger partial charge in [-0.1, -0.05) is 30.3 Å². The highest BCUT2D eigenvalue weighted by molar-refractivity contribution is 5.78. The van der Waals surface area contributed by atoms with Crippen molar-refractivity contribution >= 4 is 5.91 Å². The predicted octanol–water partition coefficient (Wildman–Crippen LogP) is 1.57. The van der Waals surface area contributed by atoms with Crippen LogP contribution in [0.25, 0.3) is 0 Å². The molecule has 5 nitrogen and oxygen atoms in total. The molecule has 0 aliphatic carbocycles. The van der Waals surface area contributed by atoms with Crippen molar-refractivity contribution in [1.82, 2.24) is 9.80 Å². The lowest BCUT2D eigenvalue weighted by atomic mass is 9.92. The van der Waals surface area contributed by atoms with Crippen LogP contribution in [0.3, 0.4) is 0 Å². The number of benzene rings is 1. The Kier molecular flexibility index (Phi) is 6.24. The van der Waals surface area contributed by atoms with Crippen LogP contribution >= 0.6 is 0 Å². The molecule has 2 heterocycles. The quantitative estimate of drug-likeness (QED) is 0.821. The highest BCUT2D eigenvalue weighted by Crippen LogP contribution is 2.23. The van der Waals surface area contributed by atoms with Crippen molar-refractivity contribution in [2.45, 2.75) is 31.4 Å². The first-order valence-electron chi connectivity index (χ1n) is 8.94. The molecule has 1 aromatic carbocycles. The maximum atomic E-state index is 12.6. The lowest BCUT2D eigenvalue weighted by Crippen LogP contribution is -2.54. The highest BCUT2D eigenvalue weighted by atomic mass is 16.5. The topological polar surface area (TPSA) is 42.0 Å².